The molecule has 2 N–H and O–H groups in total. The van der Waals surface area contributed by atoms with Crippen molar-refractivity contribution in [2.75, 3.05) is 18.9 Å². The molecule has 1 aliphatic heterocycles. The highest BCUT2D eigenvalue weighted by molar-refractivity contribution is 5.85. The third-order valence-electron chi connectivity index (χ3n) is 3.17. The van der Waals surface area contributed by atoms with Crippen molar-refractivity contribution < 1.29 is 4.74 Å². The molecule has 96 valence electrons. The van der Waals surface area contributed by atoms with Crippen molar-refractivity contribution in [1.82, 2.24) is 4.90 Å². The van der Waals surface area contributed by atoms with E-state index in [1.54, 1.807) is 0 Å². The lowest BCUT2D eigenvalue weighted by Crippen LogP contribution is -2.48. The average Bonchev–Trinajstić information content (AvgIpc) is 2.24. The van der Waals surface area contributed by atoms with Crippen molar-refractivity contribution in [3.8, 4) is 0 Å². The summed E-state index contributed by atoms with van der Waals surface area (Å²) in [6.07, 6.45) is 0. The molecule has 4 heteroatoms. The maximum absolute atomic E-state index is 5.79. The second-order valence-corrected chi connectivity index (χ2v) is 4.65. The Balaban J connectivity index is 0.00000144. The van der Waals surface area contributed by atoms with Gasteiger partial charge in [0.1, 0.15) is 0 Å². The van der Waals surface area contributed by atoms with E-state index in [1.807, 2.05) is 12.1 Å². The summed E-state index contributed by atoms with van der Waals surface area (Å²) in [6, 6.07) is 9.08. The molecule has 1 heterocycles. The van der Waals surface area contributed by atoms with Gasteiger partial charge < -0.3 is 10.5 Å². The van der Waals surface area contributed by atoms with Crippen LogP contribution >= 0.6 is 12.4 Å². The SMILES string of the molecule is CC1COCC(C)N1Cc1cccc(N)c1.Cl. The zero-order valence-electron chi connectivity index (χ0n) is 10.4. The van der Waals surface area contributed by atoms with Gasteiger partial charge in [0, 0.05) is 24.3 Å². The van der Waals surface area contributed by atoms with Crippen LogP contribution in [0.1, 0.15) is 19.4 Å². The van der Waals surface area contributed by atoms with Gasteiger partial charge in [-0.15, -0.1) is 12.4 Å². The van der Waals surface area contributed by atoms with Crippen molar-refractivity contribution in [2.24, 2.45) is 0 Å². The molecular formula is C13H21ClN2O. The van der Waals surface area contributed by atoms with Crippen LogP contribution in [0.15, 0.2) is 24.3 Å². The van der Waals surface area contributed by atoms with Crippen LogP contribution in [0.25, 0.3) is 0 Å². The predicted octanol–water partition coefficient (Wildman–Crippen LogP) is 2.30. The normalized spacial score (nSPS) is 25.3. The van der Waals surface area contributed by atoms with Gasteiger partial charge in [-0.05, 0) is 31.5 Å². The first-order chi connectivity index (χ1) is 7.66. The summed E-state index contributed by atoms with van der Waals surface area (Å²) in [5, 5.41) is 0. The molecule has 2 unspecified atom stereocenters. The van der Waals surface area contributed by atoms with Crippen molar-refractivity contribution in [3.63, 3.8) is 0 Å². The smallest absolute Gasteiger partial charge is 0.0620 e. The molecule has 0 aromatic heterocycles. The largest absolute Gasteiger partial charge is 0.399 e. The maximum atomic E-state index is 5.79. The summed E-state index contributed by atoms with van der Waals surface area (Å²) in [6.45, 7) is 7.03. The Bertz CT molecular complexity index is 349. The van der Waals surface area contributed by atoms with Crippen molar-refractivity contribution in [3.05, 3.63) is 29.8 Å². The molecule has 2 atom stereocenters. The van der Waals surface area contributed by atoms with Crippen LogP contribution in [0.2, 0.25) is 0 Å². The highest BCUT2D eigenvalue weighted by atomic mass is 35.5. The van der Waals surface area contributed by atoms with E-state index < -0.39 is 0 Å². The number of benzene rings is 1. The van der Waals surface area contributed by atoms with Crippen molar-refractivity contribution in [2.45, 2.75) is 32.5 Å². The fraction of sp³-hybridized carbons (Fsp3) is 0.538. The second kappa shape index (κ2) is 6.24. The summed E-state index contributed by atoms with van der Waals surface area (Å²) in [4.78, 5) is 2.47. The first kappa shape index (κ1) is 14.3. The molecule has 1 aromatic rings. The van der Waals surface area contributed by atoms with E-state index in [1.165, 1.54) is 5.56 Å². The van der Waals surface area contributed by atoms with E-state index in [4.69, 9.17) is 10.5 Å². The molecule has 0 saturated carbocycles. The van der Waals surface area contributed by atoms with Gasteiger partial charge in [0.05, 0.1) is 13.2 Å². The second-order valence-electron chi connectivity index (χ2n) is 4.65. The summed E-state index contributed by atoms with van der Waals surface area (Å²) in [5.74, 6) is 0. The predicted molar refractivity (Wildman–Crippen MR) is 73.4 cm³/mol. The molecule has 0 bridgehead atoms. The molecule has 0 spiro atoms. The Kier molecular flexibility index (Phi) is 5.25. The molecule has 0 radical (unpaired) electrons. The third kappa shape index (κ3) is 3.60. The summed E-state index contributed by atoms with van der Waals surface area (Å²) in [5.41, 5.74) is 7.91. The minimum Gasteiger partial charge on any atom is -0.399 e. The molecule has 0 amide bonds. The maximum Gasteiger partial charge on any atom is 0.0620 e. The van der Waals surface area contributed by atoms with Gasteiger partial charge in [-0.25, -0.2) is 0 Å². The van der Waals surface area contributed by atoms with E-state index in [2.05, 4.69) is 30.9 Å². The molecular weight excluding hydrogens is 236 g/mol. The third-order valence-corrected chi connectivity index (χ3v) is 3.17. The van der Waals surface area contributed by atoms with Crippen molar-refractivity contribution in [1.29, 1.82) is 0 Å². The van der Waals surface area contributed by atoms with Gasteiger partial charge >= 0.3 is 0 Å². The first-order valence-electron chi connectivity index (χ1n) is 5.84. The average molecular weight is 257 g/mol. The zero-order chi connectivity index (χ0) is 11.5. The number of morpholine rings is 1. The van der Waals surface area contributed by atoms with Crippen LogP contribution in [-0.2, 0) is 11.3 Å². The van der Waals surface area contributed by atoms with Crippen molar-refractivity contribution >= 4 is 18.1 Å². The Labute approximate surface area is 109 Å². The van der Waals surface area contributed by atoms with Gasteiger partial charge in [0.2, 0.25) is 0 Å². The standard InChI is InChI=1S/C13H20N2O.ClH/c1-10-8-16-9-11(2)15(10)7-12-4-3-5-13(14)6-12;/h3-6,10-11H,7-9,14H2,1-2H3;1H. The number of anilines is 1. The number of hydrogen-bond donors (Lipinski definition) is 1. The quantitative estimate of drug-likeness (QED) is 0.826. The van der Waals surface area contributed by atoms with E-state index in [9.17, 15) is 0 Å². The molecule has 1 aliphatic rings. The fourth-order valence-electron chi connectivity index (χ4n) is 2.25. The Morgan fingerprint density at radius 2 is 1.94 bits per heavy atom. The number of nitrogens with two attached hydrogens (primary N) is 1. The van der Waals surface area contributed by atoms with Crippen LogP contribution in [0.5, 0.6) is 0 Å². The molecule has 1 saturated heterocycles. The van der Waals surface area contributed by atoms with E-state index in [0.29, 0.717) is 12.1 Å². The monoisotopic (exact) mass is 256 g/mol. The molecule has 1 aromatic carbocycles. The van der Waals surface area contributed by atoms with Gasteiger partial charge in [-0.2, -0.15) is 0 Å². The van der Waals surface area contributed by atoms with E-state index >= 15 is 0 Å². The molecule has 1 fully saturated rings. The summed E-state index contributed by atoms with van der Waals surface area (Å²) < 4.78 is 5.52. The van der Waals surface area contributed by atoms with Crippen LogP contribution in [0, 0.1) is 0 Å². The van der Waals surface area contributed by atoms with Crippen LogP contribution in [0.3, 0.4) is 0 Å². The summed E-state index contributed by atoms with van der Waals surface area (Å²) >= 11 is 0. The fourth-order valence-corrected chi connectivity index (χ4v) is 2.25. The number of ether oxygens (including phenoxy) is 1. The number of rotatable bonds is 2. The zero-order valence-corrected chi connectivity index (χ0v) is 11.2. The Morgan fingerprint density at radius 1 is 1.29 bits per heavy atom. The number of halogens is 1. The lowest BCUT2D eigenvalue weighted by molar-refractivity contribution is -0.0409. The minimum absolute atomic E-state index is 0. The number of nitrogen functional groups attached to an aromatic ring is 1. The van der Waals surface area contributed by atoms with E-state index in [0.717, 1.165) is 25.4 Å². The molecule has 0 aliphatic carbocycles. The summed E-state index contributed by atoms with van der Waals surface area (Å²) in [7, 11) is 0. The first-order valence-corrected chi connectivity index (χ1v) is 5.84. The molecule has 3 nitrogen and oxygen atoms in total. The van der Waals surface area contributed by atoms with Crippen LogP contribution in [-0.4, -0.2) is 30.2 Å². The number of hydrogen-bond acceptors (Lipinski definition) is 3. The lowest BCUT2D eigenvalue weighted by Gasteiger charge is -2.38. The van der Waals surface area contributed by atoms with Gasteiger partial charge in [-0.1, -0.05) is 12.1 Å². The Morgan fingerprint density at radius 3 is 2.53 bits per heavy atom. The highest BCUT2D eigenvalue weighted by Crippen LogP contribution is 2.18. The molecule has 17 heavy (non-hydrogen) atoms. The van der Waals surface area contributed by atoms with Gasteiger partial charge in [0.15, 0.2) is 0 Å². The Hall–Kier alpha value is -0.770. The minimum atomic E-state index is 0. The van der Waals surface area contributed by atoms with E-state index in [-0.39, 0.29) is 12.4 Å². The lowest BCUT2D eigenvalue weighted by atomic mass is 10.1. The van der Waals surface area contributed by atoms with Crippen LogP contribution in [0.4, 0.5) is 5.69 Å². The molecule has 2 rings (SSSR count). The van der Waals surface area contributed by atoms with Gasteiger partial charge in [0.25, 0.3) is 0 Å². The highest BCUT2D eigenvalue weighted by Gasteiger charge is 2.25. The van der Waals surface area contributed by atoms with Crippen LogP contribution < -0.4 is 5.73 Å². The topological polar surface area (TPSA) is 38.5 Å². The van der Waals surface area contributed by atoms with Gasteiger partial charge in [-0.3, -0.25) is 4.90 Å². The number of nitrogens with zero attached hydrogens (tertiary/aromatic N) is 1.